The molecule has 1 aliphatic carbocycles. The van der Waals surface area contributed by atoms with Crippen molar-refractivity contribution < 1.29 is 0 Å². The highest BCUT2D eigenvalue weighted by molar-refractivity contribution is 7.09. The van der Waals surface area contributed by atoms with Crippen LogP contribution in [0.1, 0.15) is 44.5 Å². The molecule has 1 unspecified atom stereocenters. The first-order valence-electron chi connectivity index (χ1n) is 7.57. The average Bonchev–Trinajstić information content (AvgIpc) is 3.09. The van der Waals surface area contributed by atoms with Crippen LogP contribution in [0.4, 0.5) is 0 Å². The largest absolute Gasteiger partial charge is 0.315 e. The Morgan fingerprint density at radius 3 is 2.53 bits per heavy atom. The van der Waals surface area contributed by atoms with Crippen LogP contribution in [0.2, 0.25) is 0 Å². The first-order valence-corrected chi connectivity index (χ1v) is 8.45. The van der Waals surface area contributed by atoms with E-state index in [1.807, 2.05) is 6.20 Å². The second-order valence-corrected chi connectivity index (χ2v) is 6.43. The number of rotatable bonds is 7. The SMILES string of the molecule is CCN(CC)C1(C(Cc2nccs2)NC)CCCC1. The number of nitrogens with zero attached hydrogens (tertiary/aromatic N) is 2. The Morgan fingerprint density at radius 2 is 2.05 bits per heavy atom. The van der Waals surface area contributed by atoms with Crippen molar-refractivity contribution >= 4 is 11.3 Å². The third kappa shape index (κ3) is 3.01. The molecule has 3 nitrogen and oxygen atoms in total. The molecule has 19 heavy (non-hydrogen) atoms. The number of hydrogen-bond donors (Lipinski definition) is 1. The lowest BCUT2D eigenvalue weighted by molar-refractivity contribution is 0.0658. The standard InChI is InChI=1S/C15H27N3S/c1-4-18(5-2)15(8-6-7-9-15)13(16-3)12-14-17-10-11-19-14/h10-11,13,16H,4-9,12H2,1-3H3. The van der Waals surface area contributed by atoms with Gasteiger partial charge in [-0.2, -0.15) is 0 Å². The maximum absolute atomic E-state index is 4.48. The summed E-state index contributed by atoms with van der Waals surface area (Å²) in [5, 5.41) is 6.94. The van der Waals surface area contributed by atoms with Crippen LogP contribution in [0.15, 0.2) is 11.6 Å². The zero-order valence-corrected chi connectivity index (χ0v) is 13.3. The molecule has 1 fully saturated rings. The number of thiazole rings is 1. The van der Waals surface area contributed by atoms with Crippen molar-refractivity contribution in [3.63, 3.8) is 0 Å². The zero-order valence-electron chi connectivity index (χ0n) is 12.5. The van der Waals surface area contributed by atoms with Gasteiger partial charge in [-0.25, -0.2) is 4.98 Å². The van der Waals surface area contributed by atoms with Crippen molar-refractivity contribution in [2.75, 3.05) is 20.1 Å². The Kier molecular flexibility index (Phi) is 5.37. The van der Waals surface area contributed by atoms with Gasteiger partial charge in [0.15, 0.2) is 0 Å². The first kappa shape index (κ1) is 14.9. The first-order chi connectivity index (χ1) is 9.26. The molecule has 1 heterocycles. The van der Waals surface area contributed by atoms with E-state index in [4.69, 9.17) is 0 Å². The van der Waals surface area contributed by atoms with E-state index in [1.54, 1.807) is 11.3 Å². The van der Waals surface area contributed by atoms with E-state index in [2.05, 4.69) is 41.5 Å². The molecule has 1 aromatic heterocycles. The minimum absolute atomic E-state index is 0.337. The number of nitrogens with one attached hydrogen (secondary N) is 1. The lowest BCUT2D eigenvalue weighted by Gasteiger charge is -2.46. The smallest absolute Gasteiger partial charge is 0.0941 e. The normalized spacial score (nSPS) is 20.0. The molecule has 0 aromatic carbocycles. The molecule has 108 valence electrons. The van der Waals surface area contributed by atoms with E-state index in [9.17, 15) is 0 Å². The van der Waals surface area contributed by atoms with E-state index >= 15 is 0 Å². The molecular formula is C15H27N3S. The van der Waals surface area contributed by atoms with Crippen LogP contribution >= 0.6 is 11.3 Å². The lowest BCUT2D eigenvalue weighted by atomic mass is 9.84. The van der Waals surface area contributed by atoms with Gasteiger partial charge < -0.3 is 5.32 Å². The van der Waals surface area contributed by atoms with Gasteiger partial charge in [0.05, 0.1) is 5.01 Å². The van der Waals surface area contributed by atoms with E-state index in [0.29, 0.717) is 11.6 Å². The maximum Gasteiger partial charge on any atom is 0.0941 e. The number of hydrogen-bond acceptors (Lipinski definition) is 4. The second-order valence-electron chi connectivity index (χ2n) is 5.45. The molecule has 0 saturated heterocycles. The summed E-state index contributed by atoms with van der Waals surface area (Å²) in [6.07, 6.45) is 8.37. The number of aromatic nitrogens is 1. The highest BCUT2D eigenvalue weighted by atomic mass is 32.1. The summed E-state index contributed by atoms with van der Waals surface area (Å²) < 4.78 is 0. The zero-order chi connectivity index (χ0) is 13.7. The second kappa shape index (κ2) is 6.82. The molecule has 0 bridgehead atoms. The summed E-state index contributed by atoms with van der Waals surface area (Å²) in [7, 11) is 2.11. The van der Waals surface area contributed by atoms with Gasteiger partial charge >= 0.3 is 0 Å². The van der Waals surface area contributed by atoms with Crippen LogP contribution in [-0.4, -0.2) is 41.6 Å². The fourth-order valence-corrected chi connectivity index (χ4v) is 4.48. The highest BCUT2D eigenvalue weighted by Gasteiger charge is 2.44. The van der Waals surface area contributed by atoms with Crippen molar-refractivity contribution in [2.24, 2.45) is 0 Å². The Balaban J connectivity index is 2.20. The van der Waals surface area contributed by atoms with Gasteiger partial charge in [-0.1, -0.05) is 26.7 Å². The molecule has 1 N–H and O–H groups in total. The molecule has 0 spiro atoms. The Hall–Kier alpha value is -0.450. The van der Waals surface area contributed by atoms with Crippen LogP contribution < -0.4 is 5.32 Å². The van der Waals surface area contributed by atoms with Gasteiger partial charge in [0, 0.05) is 29.6 Å². The van der Waals surface area contributed by atoms with Crippen molar-refractivity contribution in [2.45, 2.75) is 57.5 Å². The Bertz CT molecular complexity index is 353. The summed E-state index contributed by atoms with van der Waals surface area (Å²) in [5.74, 6) is 0. The minimum atomic E-state index is 0.337. The van der Waals surface area contributed by atoms with Gasteiger partial charge in [-0.05, 0) is 33.0 Å². The fraction of sp³-hybridized carbons (Fsp3) is 0.800. The Labute approximate surface area is 121 Å². The minimum Gasteiger partial charge on any atom is -0.315 e. The summed E-state index contributed by atoms with van der Waals surface area (Å²) >= 11 is 1.78. The third-order valence-electron chi connectivity index (χ3n) is 4.72. The summed E-state index contributed by atoms with van der Waals surface area (Å²) in [5.41, 5.74) is 0.337. The van der Waals surface area contributed by atoms with Crippen LogP contribution in [0, 0.1) is 0 Å². The van der Waals surface area contributed by atoms with E-state index < -0.39 is 0 Å². The van der Waals surface area contributed by atoms with E-state index in [-0.39, 0.29) is 0 Å². The van der Waals surface area contributed by atoms with Gasteiger partial charge in [0.25, 0.3) is 0 Å². The summed E-state index contributed by atoms with van der Waals surface area (Å²) in [4.78, 5) is 7.15. The van der Waals surface area contributed by atoms with Gasteiger partial charge in [-0.15, -0.1) is 11.3 Å². The van der Waals surface area contributed by atoms with Crippen molar-refractivity contribution in [1.82, 2.24) is 15.2 Å². The van der Waals surface area contributed by atoms with Crippen LogP contribution in [0.25, 0.3) is 0 Å². The van der Waals surface area contributed by atoms with Crippen LogP contribution in [0.3, 0.4) is 0 Å². The third-order valence-corrected chi connectivity index (χ3v) is 5.52. The quantitative estimate of drug-likeness (QED) is 0.833. The molecule has 0 radical (unpaired) electrons. The molecule has 4 heteroatoms. The monoisotopic (exact) mass is 281 g/mol. The molecular weight excluding hydrogens is 254 g/mol. The Morgan fingerprint density at radius 1 is 1.37 bits per heavy atom. The predicted molar refractivity (Wildman–Crippen MR) is 82.8 cm³/mol. The summed E-state index contributed by atoms with van der Waals surface area (Å²) in [6, 6.07) is 0.515. The fourth-order valence-electron chi connectivity index (χ4n) is 3.81. The van der Waals surface area contributed by atoms with Crippen molar-refractivity contribution in [3.8, 4) is 0 Å². The maximum atomic E-state index is 4.48. The highest BCUT2D eigenvalue weighted by Crippen LogP contribution is 2.39. The van der Waals surface area contributed by atoms with E-state index in [1.165, 1.54) is 30.7 Å². The molecule has 1 aliphatic rings. The van der Waals surface area contributed by atoms with Crippen molar-refractivity contribution in [1.29, 1.82) is 0 Å². The number of likely N-dealkylation sites (N-methyl/N-ethyl adjacent to an activating group) is 2. The van der Waals surface area contributed by atoms with Crippen LogP contribution in [-0.2, 0) is 6.42 Å². The molecule has 1 saturated carbocycles. The summed E-state index contributed by atoms with van der Waals surface area (Å²) in [6.45, 7) is 6.87. The van der Waals surface area contributed by atoms with E-state index in [0.717, 1.165) is 19.5 Å². The van der Waals surface area contributed by atoms with Crippen molar-refractivity contribution in [3.05, 3.63) is 16.6 Å². The molecule has 0 amide bonds. The topological polar surface area (TPSA) is 28.2 Å². The van der Waals surface area contributed by atoms with Gasteiger partial charge in [-0.3, -0.25) is 4.90 Å². The van der Waals surface area contributed by atoms with Crippen LogP contribution in [0.5, 0.6) is 0 Å². The average molecular weight is 281 g/mol. The molecule has 0 aliphatic heterocycles. The van der Waals surface area contributed by atoms with Gasteiger partial charge in [0.2, 0.25) is 0 Å². The predicted octanol–water partition coefficient (Wildman–Crippen LogP) is 2.93. The lowest BCUT2D eigenvalue weighted by Crippen LogP contribution is -2.60. The molecule has 2 rings (SSSR count). The van der Waals surface area contributed by atoms with Gasteiger partial charge in [0.1, 0.15) is 0 Å². The molecule has 1 aromatic rings. The molecule has 1 atom stereocenters.